The molecule has 0 aromatic carbocycles. The average molecular weight is 172 g/mol. The van der Waals surface area contributed by atoms with Gasteiger partial charge in [-0.15, -0.1) is 0 Å². The summed E-state index contributed by atoms with van der Waals surface area (Å²) in [5, 5.41) is 0. The van der Waals surface area contributed by atoms with Crippen LogP contribution < -0.4 is 0 Å². The maximum Gasteiger partial charge on any atom is 0.122 e. The zero-order valence-electron chi connectivity index (χ0n) is 8.58. The molecular formula is C9H20N2O. The highest BCUT2D eigenvalue weighted by Crippen LogP contribution is 2.10. The van der Waals surface area contributed by atoms with Crippen molar-refractivity contribution in [3.8, 4) is 0 Å². The van der Waals surface area contributed by atoms with Crippen LogP contribution in [0.4, 0.5) is 0 Å². The molecule has 0 spiro atoms. The minimum Gasteiger partial charge on any atom is -0.365 e. The van der Waals surface area contributed by atoms with Crippen LogP contribution in [0.25, 0.3) is 0 Å². The van der Waals surface area contributed by atoms with E-state index in [1.807, 2.05) is 0 Å². The predicted molar refractivity (Wildman–Crippen MR) is 50.1 cm³/mol. The van der Waals surface area contributed by atoms with Crippen molar-refractivity contribution in [2.45, 2.75) is 26.1 Å². The normalized spacial score (nSPS) is 28.2. The molecule has 3 nitrogen and oxygen atoms in total. The van der Waals surface area contributed by atoms with Crippen LogP contribution in [0.1, 0.15) is 13.8 Å². The van der Waals surface area contributed by atoms with Gasteiger partial charge in [-0.05, 0) is 20.9 Å². The SMILES string of the molecule is COC1CN(C(C)C)CCN1C. The molecule has 0 aromatic heterocycles. The first kappa shape index (κ1) is 9.96. The summed E-state index contributed by atoms with van der Waals surface area (Å²) in [5.74, 6) is 0. The lowest BCUT2D eigenvalue weighted by Crippen LogP contribution is -2.54. The Labute approximate surface area is 75.3 Å². The van der Waals surface area contributed by atoms with Crippen LogP contribution in [0.2, 0.25) is 0 Å². The Morgan fingerprint density at radius 3 is 2.50 bits per heavy atom. The number of methoxy groups -OCH3 is 1. The first-order chi connectivity index (χ1) is 5.65. The molecule has 72 valence electrons. The van der Waals surface area contributed by atoms with Crippen molar-refractivity contribution < 1.29 is 4.74 Å². The van der Waals surface area contributed by atoms with E-state index in [0.717, 1.165) is 19.6 Å². The summed E-state index contributed by atoms with van der Waals surface area (Å²) in [7, 11) is 3.90. The second-order valence-corrected chi connectivity index (χ2v) is 3.76. The number of ether oxygens (including phenoxy) is 1. The van der Waals surface area contributed by atoms with E-state index in [4.69, 9.17) is 4.74 Å². The van der Waals surface area contributed by atoms with Crippen molar-refractivity contribution in [3.63, 3.8) is 0 Å². The number of nitrogens with zero attached hydrogens (tertiary/aromatic N) is 2. The van der Waals surface area contributed by atoms with Gasteiger partial charge < -0.3 is 4.74 Å². The van der Waals surface area contributed by atoms with Gasteiger partial charge >= 0.3 is 0 Å². The fourth-order valence-electron chi connectivity index (χ4n) is 1.58. The largest absolute Gasteiger partial charge is 0.365 e. The molecular weight excluding hydrogens is 152 g/mol. The van der Waals surface area contributed by atoms with Gasteiger partial charge in [0.05, 0.1) is 0 Å². The van der Waals surface area contributed by atoms with Gasteiger partial charge in [0, 0.05) is 32.8 Å². The molecule has 0 radical (unpaired) electrons. The standard InChI is InChI=1S/C9H20N2O/c1-8(2)11-6-5-10(3)9(7-11)12-4/h8-9H,5-7H2,1-4H3. The molecule has 1 fully saturated rings. The third-order valence-corrected chi connectivity index (χ3v) is 2.62. The molecule has 1 aliphatic heterocycles. The van der Waals surface area contributed by atoms with E-state index >= 15 is 0 Å². The van der Waals surface area contributed by atoms with Gasteiger partial charge in [-0.25, -0.2) is 0 Å². The smallest absolute Gasteiger partial charge is 0.122 e. The first-order valence-electron chi connectivity index (χ1n) is 4.62. The molecule has 0 aromatic rings. The van der Waals surface area contributed by atoms with Crippen molar-refractivity contribution >= 4 is 0 Å². The zero-order valence-corrected chi connectivity index (χ0v) is 8.58. The minimum absolute atomic E-state index is 0.279. The zero-order chi connectivity index (χ0) is 9.14. The summed E-state index contributed by atoms with van der Waals surface area (Å²) < 4.78 is 5.37. The monoisotopic (exact) mass is 172 g/mol. The Bertz CT molecular complexity index is 138. The third kappa shape index (κ3) is 2.19. The second kappa shape index (κ2) is 4.21. The highest BCUT2D eigenvalue weighted by atomic mass is 16.5. The summed E-state index contributed by atoms with van der Waals surface area (Å²) >= 11 is 0. The number of likely N-dealkylation sites (N-methyl/N-ethyl adjacent to an activating group) is 1. The van der Waals surface area contributed by atoms with E-state index < -0.39 is 0 Å². The molecule has 1 heterocycles. The van der Waals surface area contributed by atoms with Crippen molar-refractivity contribution in [2.75, 3.05) is 33.8 Å². The number of hydrogen-bond donors (Lipinski definition) is 0. The maximum atomic E-state index is 5.37. The lowest BCUT2D eigenvalue weighted by Gasteiger charge is -2.40. The highest BCUT2D eigenvalue weighted by Gasteiger charge is 2.24. The van der Waals surface area contributed by atoms with Gasteiger partial charge in [0.1, 0.15) is 6.23 Å². The quantitative estimate of drug-likeness (QED) is 0.607. The summed E-state index contributed by atoms with van der Waals surface area (Å²) in [4.78, 5) is 4.72. The van der Waals surface area contributed by atoms with E-state index in [1.54, 1.807) is 7.11 Å². The van der Waals surface area contributed by atoms with Gasteiger partial charge in [0.25, 0.3) is 0 Å². The molecule has 0 amide bonds. The summed E-state index contributed by atoms with van der Waals surface area (Å²) in [6.07, 6.45) is 0.279. The summed E-state index contributed by atoms with van der Waals surface area (Å²) in [6, 6.07) is 0.636. The molecule has 1 atom stereocenters. The highest BCUT2D eigenvalue weighted by molar-refractivity contribution is 4.75. The Morgan fingerprint density at radius 1 is 1.33 bits per heavy atom. The Balaban J connectivity index is 2.44. The number of piperazine rings is 1. The van der Waals surface area contributed by atoms with Crippen LogP contribution in [0.15, 0.2) is 0 Å². The van der Waals surface area contributed by atoms with Gasteiger partial charge in [-0.3, -0.25) is 9.80 Å². The van der Waals surface area contributed by atoms with Crippen molar-refractivity contribution in [3.05, 3.63) is 0 Å². The Hall–Kier alpha value is -0.120. The van der Waals surface area contributed by atoms with Gasteiger partial charge in [0.15, 0.2) is 0 Å². The van der Waals surface area contributed by atoms with Crippen LogP contribution in [0, 0.1) is 0 Å². The van der Waals surface area contributed by atoms with E-state index in [2.05, 4.69) is 30.7 Å². The molecule has 1 rings (SSSR count). The Morgan fingerprint density at radius 2 is 2.00 bits per heavy atom. The van der Waals surface area contributed by atoms with E-state index in [0.29, 0.717) is 6.04 Å². The molecule has 0 saturated carbocycles. The summed E-state index contributed by atoms with van der Waals surface area (Å²) in [5.41, 5.74) is 0. The molecule has 12 heavy (non-hydrogen) atoms. The second-order valence-electron chi connectivity index (χ2n) is 3.76. The van der Waals surface area contributed by atoms with Crippen LogP contribution in [0.3, 0.4) is 0 Å². The van der Waals surface area contributed by atoms with E-state index in [1.165, 1.54) is 0 Å². The van der Waals surface area contributed by atoms with E-state index in [9.17, 15) is 0 Å². The summed E-state index contributed by atoms with van der Waals surface area (Å²) in [6.45, 7) is 7.77. The molecule has 1 saturated heterocycles. The van der Waals surface area contributed by atoms with Crippen molar-refractivity contribution in [1.82, 2.24) is 9.80 Å². The first-order valence-corrected chi connectivity index (χ1v) is 4.62. The minimum atomic E-state index is 0.279. The topological polar surface area (TPSA) is 15.7 Å². The van der Waals surface area contributed by atoms with Crippen LogP contribution in [-0.4, -0.2) is 55.9 Å². The molecule has 0 bridgehead atoms. The number of hydrogen-bond acceptors (Lipinski definition) is 3. The fraction of sp³-hybridized carbons (Fsp3) is 1.00. The van der Waals surface area contributed by atoms with Crippen LogP contribution >= 0.6 is 0 Å². The lowest BCUT2D eigenvalue weighted by atomic mass is 10.2. The third-order valence-electron chi connectivity index (χ3n) is 2.62. The molecule has 1 unspecified atom stereocenters. The number of rotatable bonds is 2. The van der Waals surface area contributed by atoms with Crippen LogP contribution in [0.5, 0.6) is 0 Å². The Kier molecular flexibility index (Phi) is 3.50. The average Bonchev–Trinajstić information content (AvgIpc) is 2.05. The van der Waals surface area contributed by atoms with Crippen LogP contribution in [-0.2, 0) is 4.74 Å². The van der Waals surface area contributed by atoms with Gasteiger partial charge in [0.2, 0.25) is 0 Å². The molecule has 0 N–H and O–H groups in total. The van der Waals surface area contributed by atoms with Gasteiger partial charge in [-0.1, -0.05) is 0 Å². The lowest BCUT2D eigenvalue weighted by molar-refractivity contribution is -0.0749. The van der Waals surface area contributed by atoms with Gasteiger partial charge in [-0.2, -0.15) is 0 Å². The van der Waals surface area contributed by atoms with Crippen molar-refractivity contribution in [2.24, 2.45) is 0 Å². The fourth-order valence-corrected chi connectivity index (χ4v) is 1.58. The molecule has 1 aliphatic rings. The molecule has 3 heteroatoms. The van der Waals surface area contributed by atoms with E-state index in [-0.39, 0.29) is 6.23 Å². The van der Waals surface area contributed by atoms with Crippen molar-refractivity contribution in [1.29, 1.82) is 0 Å². The predicted octanol–water partition coefficient (Wildman–Crippen LogP) is 0.615. The molecule has 0 aliphatic carbocycles. The maximum absolute atomic E-state index is 5.37.